The summed E-state index contributed by atoms with van der Waals surface area (Å²) >= 11 is 0. The van der Waals surface area contributed by atoms with E-state index in [9.17, 15) is 18.3 Å². The lowest BCUT2D eigenvalue weighted by atomic mass is 10.2. The van der Waals surface area contributed by atoms with Crippen LogP contribution >= 0.6 is 0 Å². The molecule has 1 atom stereocenters. The first-order chi connectivity index (χ1) is 9.28. The Morgan fingerprint density at radius 2 is 2.05 bits per heavy atom. The van der Waals surface area contributed by atoms with Gasteiger partial charge in [-0.2, -0.15) is 4.31 Å². The second-order valence-electron chi connectivity index (χ2n) is 4.73. The van der Waals surface area contributed by atoms with Crippen LogP contribution in [0.5, 0.6) is 0 Å². The fourth-order valence-electron chi connectivity index (χ4n) is 2.46. The number of aromatic carboxylic acids is 1. The minimum absolute atomic E-state index is 0.0936. The van der Waals surface area contributed by atoms with Crippen LogP contribution in [0, 0.1) is 13.8 Å². The molecule has 7 nitrogen and oxygen atoms in total. The number of aryl methyl sites for hydroxylation is 2. The number of carbonyl (C=O) groups is 1. The smallest absolute Gasteiger partial charge is 0.340 e. The molecule has 2 rings (SSSR count). The average molecular weight is 303 g/mol. The number of hydrogen-bond acceptors (Lipinski definition) is 5. The van der Waals surface area contributed by atoms with Gasteiger partial charge in [0, 0.05) is 20.2 Å². The average Bonchev–Trinajstić information content (AvgIpc) is 2.93. The molecular formula is C12H17NO6S. The quantitative estimate of drug-likeness (QED) is 0.891. The molecule has 1 aromatic heterocycles. The van der Waals surface area contributed by atoms with Crippen LogP contribution in [-0.2, 0) is 14.8 Å². The highest BCUT2D eigenvalue weighted by molar-refractivity contribution is 7.89. The van der Waals surface area contributed by atoms with Crippen LogP contribution in [0.4, 0.5) is 0 Å². The third-order valence-electron chi connectivity index (χ3n) is 3.46. The Morgan fingerprint density at radius 3 is 2.55 bits per heavy atom. The molecule has 0 amide bonds. The van der Waals surface area contributed by atoms with Gasteiger partial charge in [-0.15, -0.1) is 0 Å². The summed E-state index contributed by atoms with van der Waals surface area (Å²) in [4.78, 5) is 11.0. The molecule has 20 heavy (non-hydrogen) atoms. The lowest BCUT2D eigenvalue weighted by molar-refractivity contribution is 0.0691. The maximum Gasteiger partial charge on any atom is 0.340 e. The summed E-state index contributed by atoms with van der Waals surface area (Å²) in [6, 6.07) is 0. The highest BCUT2D eigenvalue weighted by Crippen LogP contribution is 2.31. The summed E-state index contributed by atoms with van der Waals surface area (Å²) < 4.78 is 36.8. The number of rotatable bonds is 4. The SMILES string of the molecule is COC1CCN(S(=O)(=O)c2c(C)oc(C)c2C(=O)O)C1. The molecule has 0 aliphatic carbocycles. The lowest BCUT2D eigenvalue weighted by Gasteiger charge is -2.16. The van der Waals surface area contributed by atoms with Gasteiger partial charge in [-0.05, 0) is 20.3 Å². The van der Waals surface area contributed by atoms with Gasteiger partial charge in [0.1, 0.15) is 22.0 Å². The fourth-order valence-corrected chi connectivity index (χ4v) is 4.32. The molecule has 112 valence electrons. The largest absolute Gasteiger partial charge is 0.478 e. The van der Waals surface area contributed by atoms with Crippen molar-refractivity contribution in [3.8, 4) is 0 Å². The second-order valence-corrected chi connectivity index (χ2v) is 6.61. The molecule has 0 radical (unpaired) electrons. The van der Waals surface area contributed by atoms with Gasteiger partial charge in [0.05, 0.1) is 6.10 Å². The third-order valence-corrected chi connectivity index (χ3v) is 5.48. The zero-order valence-corrected chi connectivity index (χ0v) is 12.4. The van der Waals surface area contributed by atoms with Crippen molar-refractivity contribution in [2.75, 3.05) is 20.2 Å². The Bertz CT molecular complexity index is 633. The Hall–Kier alpha value is -1.38. The predicted octanol–water partition coefficient (Wildman–Crippen LogP) is 1.00. The number of sulfonamides is 1. The van der Waals surface area contributed by atoms with E-state index in [1.165, 1.54) is 25.3 Å². The van der Waals surface area contributed by atoms with Gasteiger partial charge in [-0.25, -0.2) is 13.2 Å². The first-order valence-electron chi connectivity index (χ1n) is 6.15. The zero-order valence-electron chi connectivity index (χ0n) is 11.5. The molecular weight excluding hydrogens is 286 g/mol. The molecule has 0 spiro atoms. The Balaban J connectivity index is 2.48. The van der Waals surface area contributed by atoms with E-state index in [0.717, 1.165) is 0 Å². The minimum Gasteiger partial charge on any atom is -0.478 e. The number of hydrogen-bond donors (Lipinski definition) is 1. The summed E-state index contributed by atoms with van der Waals surface area (Å²) in [5, 5.41) is 9.20. The highest BCUT2D eigenvalue weighted by Gasteiger charge is 2.38. The molecule has 1 fully saturated rings. The molecule has 8 heteroatoms. The molecule has 0 saturated carbocycles. The van der Waals surface area contributed by atoms with Crippen molar-refractivity contribution in [3.63, 3.8) is 0 Å². The van der Waals surface area contributed by atoms with Crippen molar-refractivity contribution in [2.24, 2.45) is 0 Å². The Morgan fingerprint density at radius 1 is 1.40 bits per heavy atom. The fraction of sp³-hybridized carbons (Fsp3) is 0.583. The van der Waals surface area contributed by atoms with Crippen LogP contribution in [0.3, 0.4) is 0 Å². The van der Waals surface area contributed by atoms with E-state index in [-0.39, 0.29) is 34.6 Å². The number of nitrogens with zero attached hydrogens (tertiary/aromatic N) is 1. The molecule has 1 saturated heterocycles. The number of furan rings is 1. The topological polar surface area (TPSA) is 97.0 Å². The van der Waals surface area contributed by atoms with Crippen molar-refractivity contribution in [1.82, 2.24) is 4.31 Å². The molecule has 2 heterocycles. The van der Waals surface area contributed by atoms with Crippen LogP contribution in [0.1, 0.15) is 28.3 Å². The molecule has 0 bridgehead atoms. The molecule has 0 aromatic carbocycles. The number of carboxylic acid groups (broad SMARTS) is 1. The maximum atomic E-state index is 12.6. The Labute approximate surface area is 117 Å². The number of ether oxygens (including phenoxy) is 1. The van der Waals surface area contributed by atoms with E-state index in [1.54, 1.807) is 0 Å². The van der Waals surface area contributed by atoms with E-state index in [0.29, 0.717) is 13.0 Å². The second kappa shape index (κ2) is 5.19. The van der Waals surface area contributed by atoms with Gasteiger partial charge in [-0.3, -0.25) is 0 Å². The highest BCUT2D eigenvalue weighted by atomic mass is 32.2. The summed E-state index contributed by atoms with van der Waals surface area (Å²) in [7, 11) is -2.36. The van der Waals surface area contributed by atoms with Gasteiger partial charge in [-0.1, -0.05) is 0 Å². The minimum atomic E-state index is -3.89. The Kier molecular flexibility index (Phi) is 3.90. The van der Waals surface area contributed by atoms with Crippen LogP contribution in [0.2, 0.25) is 0 Å². The van der Waals surface area contributed by atoms with Gasteiger partial charge in [0.2, 0.25) is 10.0 Å². The van der Waals surface area contributed by atoms with Crippen LogP contribution in [-0.4, -0.2) is 50.1 Å². The molecule has 1 aliphatic heterocycles. The van der Waals surface area contributed by atoms with Crippen LogP contribution in [0.15, 0.2) is 9.31 Å². The van der Waals surface area contributed by atoms with Crippen LogP contribution < -0.4 is 0 Å². The van der Waals surface area contributed by atoms with Gasteiger partial charge in [0.15, 0.2) is 0 Å². The first-order valence-corrected chi connectivity index (χ1v) is 7.59. The van der Waals surface area contributed by atoms with E-state index >= 15 is 0 Å². The summed E-state index contributed by atoms with van der Waals surface area (Å²) in [6.45, 7) is 3.43. The number of methoxy groups -OCH3 is 1. The standard InChI is InChI=1S/C12H17NO6S/c1-7-10(12(14)15)11(8(2)19-7)20(16,17)13-5-4-9(6-13)18-3/h9H,4-6H2,1-3H3,(H,14,15). The van der Waals surface area contributed by atoms with E-state index in [4.69, 9.17) is 9.15 Å². The van der Waals surface area contributed by atoms with Gasteiger partial charge in [0.25, 0.3) is 0 Å². The molecule has 1 aromatic rings. The van der Waals surface area contributed by atoms with Crippen molar-refractivity contribution in [2.45, 2.75) is 31.3 Å². The summed E-state index contributed by atoms with van der Waals surface area (Å²) in [6.07, 6.45) is 0.431. The van der Waals surface area contributed by atoms with Crippen LogP contribution in [0.25, 0.3) is 0 Å². The zero-order chi connectivity index (χ0) is 15.1. The van der Waals surface area contributed by atoms with Crippen molar-refractivity contribution in [1.29, 1.82) is 0 Å². The van der Waals surface area contributed by atoms with E-state index in [2.05, 4.69) is 0 Å². The number of carboxylic acids is 1. The van der Waals surface area contributed by atoms with Gasteiger partial charge < -0.3 is 14.3 Å². The molecule has 1 N–H and O–H groups in total. The van der Waals surface area contributed by atoms with E-state index in [1.807, 2.05) is 0 Å². The normalized spacial score (nSPS) is 20.4. The first kappa shape index (κ1) is 15.0. The summed E-state index contributed by atoms with van der Waals surface area (Å²) in [5.41, 5.74) is -0.289. The predicted molar refractivity (Wildman–Crippen MR) is 69.3 cm³/mol. The maximum absolute atomic E-state index is 12.6. The van der Waals surface area contributed by atoms with Crippen molar-refractivity contribution in [3.05, 3.63) is 17.1 Å². The molecule has 1 aliphatic rings. The van der Waals surface area contributed by atoms with Crippen molar-refractivity contribution < 1.29 is 27.5 Å². The monoisotopic (exact) mass is 303 g/mol. The lowest BCUT2D eigenvalue weighted by Crippen LogP contribution is -2.31. The van der Waals surface area contributed by atoms with E-state index < -0.39 is 16.0 Å². The van der Waals surface area contributed by atoms with Gasteiger partial charge >= 0.3 is 5.97 Å². The summed E-state index contributed by atoms with van der Waals surface area (Å²) in [5.74, 6) is -1.11. The van der Waals surface area contributed by atoms with Crippen molar-refractivity contribution >= 4 is 16.0 Å². The third kappa shape index (κ3) is 2.34. The molecule has 1 unspecified atom stereocenters.